The monoisotopic (exact) mass is 238 g/mol. The SMILES string of the molecule is NCC1CCCC1C(=O)NCCC1CCCC1. The van der Waals surface area contributed by atoms with Crippen LogP contribution in [-0.2, 0) is 4.79 Å². The number of nitrogens with one attached hydrogen (secondary N) is 1. The van der Waals surface area contributed by atoms with Gasteiger partial charge >= 0.3 is 0 Å². The molecule has 0 bridgehead atoms. The van der Waals surface area contributed by atoms with Crippen molar-refractivity contribution in [2.24, 2.45) is 23.5 Å². The summed E-state index contributed by atoms with van der Waals surface area (Å²) >= 11 is 0. The summed E-state index contributed by atoms with van der Waals surface area (Å²) in [5.41, 5.74) is 5.71. The molecule has 0 aromatic carbocycles. The summed E-state index contributed by atoms with van der Waals surface area (Å²) in [6, 6.07) is 0. The van der Waals surface area contributed by atoms with Gasteiger partial charge in [0.1, 0.15) is 0 Å². The maximum atomic E-state index is 12.0. The molecule has 98 valence electrons. The van der Waals surface area contributed by atoms with Crippen molar-refractivity contribution in [2.45, 2.75) is 51.4 Å². The molecular weight excluding hydrogens is 212 g/mol. The summed E-state index contributed by atoms with van der Waals surface area (Å²) in [5, 5.41) is 3.12. The van der Waals surface area contributed by atoms with Gasteiger partial charge in [0.25, 0.3) is 0 Å². The van der Waals surface area contributed by atoms with Crippen molar-refractivity contribution in [3.05, 3.63) is 0 Å². The minimum absolute atomic E-state index is 0.198. The standard InChI is InChI=1S/C14H26N2O/c15-10-12-6-3-7-13(12)14(17)16-9-8-11-4-1-2-5-11/h11-13H,1-10,15H2,(H,16,17). The van der Waals surface area contributed by atoms with Crippen LogP contribution in [0, 0.1) is 17.8 Å². The zero-order valence-electron chi connectivity index (χ0n) is 10.8. The minimum atomic E-state index is 0.198. The number of rotatable bonds is 5. The highest BCUT2D eigenvalue weighted by atomic mass is 16.1. The number of carbonyl (C=O) groups is 1. The molecule has 2 rings (SSSR count). The highest BCUT2D eigenvalue weighted by molar-refractivity contribution is 5.79. The van der Waals surface area contributed by atoms with Gasteiger partial charge in [-0.25, -0.2) is 0 Å². The zero-order valence-corrected chi connectivity index (χ0v) is 10.8. The summed E-state index contributed by atoms with van der Waals surface area (Å²) in [5.74, 6) is 1.75. The first-order chi connectivity index (χ1) is 8.31. The highest BCUT2D eigenvalue weighted by Crippen LogP contribution is 2.31. The Morgan fingerprint density at radius 3 is 2.59 bits per heavy atom. The number of hydrogen-bond donors (Lipinski definition) is 2. The third kappa shape index (κ3) is 3.44. The Hall–Kier alpha value is -0.570. The van der Waals surface area contributed by atoms with Crippen LogP contribution in [0.2, 0.25) is 0 Å². The van der Waals surface area contributed by atoms with Gasteiger partial charge in [0.15, 0.2) is 0 Å². The van der Waals surface area contributed by atoms with Gasteiger partial charge in [-0.05, 0) is 37.6 Å². The Bertz CT molecular complexity index is 249. The van der Waals surface area contributed by atoms with Gasteiger partial charge in [-0.15, -0.1) is 0 Å². The van der Waals surface area contributed by atoms with Gasteiger partial charge in [0.05, 0.1) is 0 Å². The van der Waals surface area contributed by atoms with E-state index in [0.29, 0.717) is 12.5 Å². The molecule has 2 fully saturated rings. The lowest BCUT2D eigenvalue weighted by Crippen LogP contribution is -2.35. The number of amides is 1. The van der Waals surface area contributed by atoms with Crippen molar-refractivity contribution in [3.8, 4) is 0 Å². The number of carbonyl (C=O) groups excluding carboxylic acids is 1. The van der Waals surface area contributed by atoms with Gasteiger partial charge in [-0.3, -0.25) is 4.79 Å². The molecule has 0 spiro atoms. The first kappa shape index (κ1) is 12.9. The van der Waals surface area contributed by atoms with E-state index in [0.717, 1.165) is 25.3 Å². The Morgan fingerprint density at radius 1 is 1.12 bits per heavy atom. The summed E-state index contributed by atoms with van der Waals surface area (Å²) in [7, 11) is 0. The van der Waals surface area contributed by atoms with E-state index >= 15 is 0 Å². The fourth-order valence-corrected chi connectivity index (χ4v) is 3.49. The summed E-state index contributed by atoms with van der Waals surface area (Å²) < 4.78 is 0. The molecule has 3 nitrogen and oxygen atoms in total. The lowest BCUT2D eigenvalue weighted by molar-refractivity contribution is -0.126. The third-order valence-corrected chi connectivity index (χ3v) is 4.63. The fourth-order valence-electron chi connectivity index (χ4n) is 3.49. The van der Waals surface area contributed by atoms with Gasteiger partial charge in [-0.2, -0.15) is 0 Å². The quantitative estimate of drug-likeness (QED) is 0.770. The summed E-state index contributed by atoms with van der Waals surface area (Å²) in [6.07, 6.45) is 10.0. The van der Waals surface area contributed by atoms with Crippen molar-refractivity contribution in [3.63, 3.8) is 0 Å². The van der Waals surface area contributed by atoms with Crippen molar-refractivity contribution >= 4 is 5.91 Å². The van der Waals surface area contributed by atoms with Crippen LogP contribution in [0.1, 0.15) is 51.4 Å². The molecule has 2 saturated carbocycles. The second-order valence-electron chi connectivity index (χ2n) is 5.76. The molecule has 3 N–H and O–H groups in total. The van der Waals surface area contributed by atoms with E-state index in [-0.39, 0.29) is 11.8 Å². The molecule has 0 heterocycles. The molecule has 2 unspecified atom stereocenters. The van der Waals surface area contributed by atoms with Crippen molar-refractivity contribution in [1.29, 1.82) is 0 Å². The van der Waals surface area contributed by atoms with E-state index < -0.39 is 0 Å². The largest absolute Gasteiger partial charge is 0.356 e. The average molecular weight is 238 g/mol. The van der Waals surface area contributed by atoms with Gasteiger partial charge < -0.3 is 11.1 Å². The van der Waals surface area contributed by atoms with E-state index in [1.54, 1.807) is 0 Å². The molecule has 1 amide bonds. The lowest BCUT2D eigenvalue weighted by Gasteiger charge is -2.18. The molecule has 0 aliphatic heterocycles. The molecule has 3 heteroatoms. The first-order valence-electron chi connectivity index (χ1n) is 7.29. The molecule has 2 aliphatic carbocycles. The van der Waals surface area contributed by atoms with Gasteiger partial charge in [-0.1, -0.05) is 32.1 Å². The molecule has 0 aromatic rings. The van der Waals surface area contributed by atoms with Crippen molar-refractivity contribution < 1.29 is 4.79 Å². The molecule has 0 saturated heterocycles. The second kappa shape index (κ2) is 6.39. The van der Waals surface area contributed by atoms with Crippen LogP contribution in [0.3, 0.4) is 0 Å². The molecule has 0 radical (unpaired) electrons. The van der Waals surface area contributed by atoms with Crippen LogP contribution in [0.4, 0.5) is 0 Å². The molecule has 17 heavy (non-hydrogen) atoms. The predicted octanol–water partition coefficient (Wildman–Crippen LogP) is 2.06. The second-order valence-corrected chi connectivity index (χ2v) is 5.76. The van der Waals surface area contributed by atoms with Crippen LogP contribution >= 0.6 is 0 Å². The molecule has 2 aliphatic rings. The Balaban J connectivity index is 1.66. The molecular formula is C14H26N2O. The highest BCUT2D eigenvalue weighted by Gasteiger charge is 2.31. The van der Waals surface area contributed by atoms with E-state index in [2.05, 4.69) is 5.32 Å². The Labute approximate surface area is 105 Å². The lowest BCUT2D eigenvalue weighted by atomic mass is 9.95. The number of nitrogens with two attached hydrogens (primary N) is 1. The predicted molar refractivity (Wildman–Crippen MR) is 69.5 cm³/mol. The van der Waals surface area contributed by atoms with Crippen LogP contribution in [0.5, 0.6) is 0 Å². The topological polar surface area (TPSA) is 55.1 Å². The summed E-state index contributed by atoms with van der Waals surface area (Å²) in [6.45, 7) is 1.54. The third-order valence-electron chi connectivity index (χ3n) is 4.63. The van der Waals surface area contributed by atoms with Gasteiger partial charge in [0, 0.05) is 12.5 Å². The summed E-state index contributed by atoms with van der Waals surface area (Å²) in [4.78, 5) is 12.0. The molecule has 0 aromatic heterocycles. The normalized spacial score (nSPS) is 29.7. The van der Waals surface area contributed by atoms with Crippen LogP contribution < -0.4 is 11.1 Å². The molecule has 2 atom stereocenters. The maximum absolute atomic E-state index is 12.0. The van der Waals surface area contributed by atoms with Crippen LogP contribution in [0.25, 0.3) is 0 Å². The Kier molecular flexibility index (Phi) is 4.84. The van der Waals surface area contributed by atoms with Gasteiger partial charge in [0.2, 0.25) is 5.91 Å². The van der Waals surface area contributed by atoms with E-state index in [1.807, 2.05) is 0 Å². The van der Waals surface area contributed by atoms with Crippen LogP contribution in [-0.4, -0.2) is 19.0 Å². The average Bonchev–Trinajstić information content (AvgIpc) is 2.99. The van der Waals surface area contributed by atoms with Crippen LogP contribution in [0.15, 0.2) is 0 Å². The smallest absolute Gasteiger partial charge is 0.223 e. The maximum Gasteiger partial charge on any atom is 0.223 e. The number of hydrogen-bond acceptors (Lipinski definition) is 2. The van der Waals surface area contributed by atoms with E-state index in [4.69, 9.17) is 5.73 Å². The van der Waals surface area contributed by atoms with E-state index in [1.165, 1.54) is 38.5 Å². The minimum Gasteiger partial charge on any atom is -0.356 e. The first-order valence-corrected chi connectivity index (χ1v) is 7.29. The van der Waals surface area contributed by atoms with Crippen molar-refractivity contribution in [1.82, 2.24) is 5.32 Å². The zero-order chi connectivity index (χ0) is 12.1. The van der Waals surface area contributed by atoms with E-state index in [9.17, 15) is 4.79 Å². The fraction of sp³-hybridized carbons (Fsp3) is 0.929. The van der Waals surface area contributed by atoms with Crippen molar-refractivity contribution in [2.75, 3.05) is 13.1 Å². The Morgan fingerprint density at radius 2 is 1.88 bits per heavy atom.